The van der Waals surface area contributed by atoms with Crippen LogP contribution in [0.15, 0.2) is 12.4 Å². The number of aromatic nitrogens is 4. The number of hydrogen-bond acceptors (Lipinski definition) is 4. The van der Waals surface area contributed by atoms with E-state index in [1.807, 2.05) is 37.1 Å². The van der Waals surface area contributed by atoms with Gasteiger partial charge in [0.2, 0.25) is 0 Å². The third kappa shape index (κ3) is 6.67. The second-order valence-electron chi connectivity index (χ2n) is 9.97. The molecular weight excluding hydrogens is 392 g/mol. The van der Waals surface area contributed by atoms with Crippen molar-refractivity contribution in [3.63, 3.8) is 0 Å². The first-order valence-electron chi connectivity index (χ1n) is 11.0. The Balaban J connectivity index is 1.91. The molecule has 2 aromatic heterocycles. The predicted molar refractivity (Wildman–Crippen MR) is 122 cm³/mol. The van der Waals surface area contributed by atoms with E-state index in [-0.39, 0.29) is 17.2 Å². The maximum absolute atomic E-state index is 12.6. The third-order valence-corrected chi connectivity index (χ3v) is 5.23. The summed E-state index contributed by atoms with van der Waals surface area (Å²) in [5.41, 5.74) is 2.61. The molecule has 2 N–H and O–H groups in total. The monoisotopic (exact) mass is 430 g/mol. The molecule has 0 aromatic carbocycles. The second kappa shape index (κ2) is 10.1. The van der Waals surface area contributed by atoms with E-state index in [9.17, 15) is 9.59 Å². The summed E-state index contributed by atoms with van der Waals surface area (Å²) in [6, 6.07) is 0. The number of amides is 2. The molecule has 2 aromatic rings. The molecule has 8 heteroatoms. The van der Waals surface area contributed by atoms with Crippen LogP contribution in [0.1, 0.15) is 73.6 Å². The molecule has 31 heavy (non-hydrogen) atoms. The topological polar surface area (TPSA) is 93.8 Å². The molecule has 0 atom stereocenters. The van der Waals surface area contributed by atoms with E-state index >= 15 is 0 Å². The lowest BCUT2D eigenvalue weighted by Crippen LogP contribution is -2.42. The Morgan fingerprint density at radius 2 is 1.19 bits per heavy atom. The zero-order valence-corrected chi connectivity index (χ0v) is 20.2. The fourth-order valence-electron chi connectivity index (χ4n) is 3.29. The van der Waals surface area contributed by atoms with Crippen molar-refractivity contribution in [3.8, 4) is 0 Å². The summed E-state index contributed by atoms with van der Waals surface area (Å²) in [4.78, 5) is 25.3. The highest BCUT2D eigenvalue weighted by Gasteiger charge is 2.23. The Morgan fingerprint density at radius 1 is 0.839 bits per heavy atom. The van der Waals surface area contributed by atoms with E-state index in [4.69, 9.17) is 0 Å². The second-order valence-corrected chi connectivity index (χ2v) is 9.97. The van der Waals surface area contributed by atoms with E-state index in [1.54, 1.807) is 12.4 Å². The average molecular weight is 431 g/mol. The molecule has 0 fully saturated rings. The zero-order valence-electron chi connectivity index (χ0n) is 20.2. The van der Waals surface area contributed by atoms with Crippen LogP contribution in [0.2, 0.25) is 0 Å². The lowest BCUT2D eigenvalue weighted by molar-refractivity contribution is 0.0919. The van der Waals surface area contributed by atoms with Crippen molar-refractivity contribution in [1.82, 2.24) is 30.2 Å². The van der Waals surface area contributed by atoms with E-state index in [0.717, 1.165) is 24.5 Å². The van der Waals surface area contributed by atoms with Gasteiger partial charge in [-0.15, -0.1) is 0 Å². The van der Waals surface area contributed by atoms with Crippen LogP contribution in [0.4, 0.5) is 0 Å². The van der Waals surface area contributed by atoms with E-state index in [2.05, 4.69) is 48.5 Å². The number of hydrogen-bond donors (Lipinski definition) is 2. The molecule has 0 saturated heterocycles. The number of nitrogens with one attached hydrogen (secondary N) is 2. The molecule has 0 radical (unpaired) electrons. The van der Waals surface area contributed by atoms with Crippen LogP contribution in [0, 0.1) is 31.1 Å². The zero-order chi connectivity index (χ0) is 23.3. The molecule has 8 nitrogen and oxygen atoms in total. The maximum Gasteiger partial charge on any atom is 0.254 e. The van der Waals surface area contributed by atoms with Gasteiger partial charge >= 0.3 is 0 Å². The summed E-state index contributed by atoms with van der Waals surface area (Å²) in [6.45, 7) is 18.8. The predicted octanol–water partition coefficient (Wildman–Crippen LogP) is 3.19. The minimum Gasteiger partial charge on any atom is -0.351 e. The minimum absolute atomic E-state index is 0.141. The SMILES string of the molecule is Cc1c(C(=O)NCC(C)(C)CNC(=O)c2cnn(CC(C)C)c2C)cnn1CC(C)C. The number of carbonyl (C=O) groups is 2. The Bertz CT molecular complexity index is 835. The summed E-state index contributed by atoms with van der Waals surface area (Å²) >= 11 is 0. The van der Waals surface area contributed by atoms with Crippen LogP contribution < -0.4 is 10.6 Å². The Labute approximate surface area is 185 Å². The van der Waals surface area contributed by atoms with Crippen molar-refractivity contribution in [2.24, 2.45) is 17.3 Å². The van der Waals surface area contributed by atoms with Gasteiger partial charge in [-0.1, -0.05) is 41.5 Å². The van der Waals surface area contributed by atoms with Crippen LogP contribution in [-0.4, -0.2) is 44.5 Å². The standard InChI is InChI=1S/C23H38N6O2/c1-15(2)11-28-17(5)19(9-26-28)21(30)24-13-23(7,8)14-25-22(31)20-10-27-29(18(20)6)12-16(3)4/h9-10,15-16H,11-14H2,1-8H3,(H,24,30)(H,25,31). The van der Waals surface area contributed by atoms with Gasteiger partial charge in [0.15, 0.2) is 0 Å². The Kier molecular flexibility index (Phi) is 8.03. The normalized spacial score (nSPS) is 11.9. The van der Waals surface area contributed by atoms with Gasteiger partial charge < -0.3 is 10.6 Å². The molecule has 2 rings (SSSR count). The van der Waals surface area contributed by atoms with Gasteiger partial charge in [-0.05, 0) is 31.1 Å². The molecule has 0 spiro atoms. The van der Waals surface area contributed by atoms with Gasteiger partial charge in [0.05, 0.1) is 23.5 Å². The lowest BCUT2D eigenvalue weighted by Gasteiger charge is -2.25. The molecule has 0 bridgehead atoms. The summed E-state index contributed by atoms with van der Waals surface area (Å²) in [5, 5.41) is 14.6. The summed E-state index contributed by atoms with van der Waals surface area (Å²) < 4.78 is 3.74. The van der Waals surface area contributed by atoms with Gasteiger partial charge in [0.1, 0.15) is 0 Å². The van der Waals surface area contributed by atoms with Gasteiger partial charge in [0, 0.05) is 37.6 Å². The fraction of sp³-hybridized carbons (Fsp3) is 0.652. The van der Waals surface area contributed by atoms with Crippen molar-refractivity contribution >= 4 is 11.8 Å². The van der Waals surface area contributed by atoms with Crippen molar-refractivity contribution < 1.29 is 9.59 Å². The van der Waals surface area contributed by atoms with Crippen LogP contribution in [0.25, 0.3) is 0 Å². The first-order chi connectivity index (χ1) is 14.4. The molecule has 0 aliphatic rings. The Morgan fingerprint density at radius 3 is 1.52 bits per heavy atom. The van der Waals surface area contributed by atoms with Crippen LogP contribution in [-0.2, 0) is 13.1 Å². The highest BCUT2D eigenvalue weighted by molar-refractivity contribution is 5.95. The minimum atomic E-state index is -0.311. The van der Waals surface area contributed by atoms with Crippen LogP contribution in [0.5, 0.6) is 0 Å². The molecule has 0 saturated carbocycles. The van der Waals surface area contributed by atoms with Crippen LogP contribution >= 0.6 is 0 Å². The van der Waals surface area contributed by atoms with Crippen molar-refractivity contribution in [2.45, 2.75) is 68.5 Å². The number of nitrogens with zero attached hydrogens (tertiary/aromatic N) is 4. The molecule has 2 amide bonds. The maximum atomic E-state index is 12.6. The van der Waals surface area contributed by atoms with Crippen LogP contribution in [0.3, 0.4) is 0 Å². The van der Waals surface area contributed by atoms with E-state index in [0.29, 0.717) is 36.1 Å². The quantitative estimate of drug-likeness (QED) is 0.605. The van der Waals surface area contributed by atoms with Gasteiger partial charge in [-0.3, -0.25) is 19.0 Å². The smallest absolute Gasteiger partial charge is 0.254 e. The fourth-order valence-corrected chi connectivity index (χ4v) is 3.29. The van der Waals surface area contributed by atoms with Crippen molar-refractivity contribution in [3.05, 3.63) is 34.9 Å². The number of rotatable bonds is 10. The highest BCUT2D eigenvalue weighted by atomic mass is 16.2. The van der Waals surface area contributed by atoms with Gasteiger partial charge in [-0.25, -0.2) is 0 Å². The molecule has 0 aliphatic heterocycles. The van der Waals surface area contributed by atoms with E-state index in [1.165, 1.54) is 0 Å². The summed E-state index contributed by atoms with van der Waals surface area (Å²) in [7, 11) is 0. The van der Waals surface area contributed by atoms with Gasteiger partial charge in [-0.2, -0.15) is 10.2 Å². The summed E-state index contributed by atoms with van der Waals surface area (Å²) in [5.74, 6) is 0.631. The average Bonchev–Trinajstić information content (AvgIpc) is 3.20. The Hall–Kier alpha value is -2.64. The third-order valence-electron chi connectivity index (χ3n) is 5.23. The van der Waals surface area contributed by atoms with Crippen molar-refractivity contribution in [1.29, 1.82) is 0 Å². The summed E-state index contributed by atoms with van der Waals surface area (Å²) in [6.07, 6.45) is 3.25. The molecule has 172 valence electrons. The van der Waals surface area contributed by atoms with E-state index < -0.39 is 0 Å². The molecule has 0 unspecified atom stereocenters. The largest absolute Gasteiger partial charge is 0.351 e. The number of carbonyl (C=O) groups excluding carboxylic acids is 2. The first kappa shape index (κ1) is 24.6. The van der Waals surface area contributed by atoms with Gasteiger partial charge in [0.25, 0.3) is 11.8 Å². The molecule has 0 aliphatic carbocycles. The van der Waals surface area contributed by atoms with Crippen molar-refractivity contribution in [2.75, 3.05) is 13.1 Å². The first-order valence-corrected chi connectivity index (χ1v) is 11.0. The molecule has 2 heterocycles. The lowest BCUT2D eigenvalue weighted by atomic mass is 9.93. The molecular formula is C23H38N6O2. The highest BCUT2D eigenvalue weighted by Crippen LogP contribution is 2.15.